The van der Waals surface area contributed by atoms with Gasteiger partial charge in [-0.25, -0.2) is 9.59 Å². The molecule has 1 unspecified atom stereocenters. The molecule has 1 aromatic carbocycles. The quantitative estimate of drug-likeness (QED) is 0.308. The Morgan fingerprint density at radius 3 is 2.65 bits per heavy atom. The van der Waals surface area contributed by atoms with Gasteiger partial charge in [0.15, 0.2) is 6.23 Å². The number of carbonyl (C=O) groups is 1. The zero-order chi connectivity index (χ0) is 22.5. The number of carbonyl (C=O) groups excluding carboxylic acids is 1. The SMILES string of the molecule is CCO[C@@H]1C(N=[N+]=[N-])[C@@H](COC(=O)c2ccc(C)cc2)O[C@H]1n1cc(C)c(=O)[nH]c1=O. The second kappa shape index (κ2) is 9.61. The van der Waals surface area contributed by atoms with Crippen LogP contribution >= 0.6 is 0 Å². The summed E-state index contributed by atoms with van der Waals surface area (Å²) >= 11 is 0. The van der Waals surface area contributed by atoms with E-state index in [0.717, 1.165) is 5.56 Å². The van der Waals surface area contributed by atoms with Crippen molar-refractivity contribution in [3.8, 4) is 0 Å². The summed E-state index contributed by atoms with van der Waals surface area (Å²) in [6, 6.07) is 6.01. The van der Waals surface area contributed by atoms with E-state index in [1.807, 2.05) is 6.92 Å². The second-order valence-electron chi connectivity index (χ2n) is 7.12. The Hall–Kier alpha value is -3.40. The van der Waals surface area contributed by atoms with E-state index in [2.05, 4.69) is 15.0 Å². The lowest BCUT2D eigenvalue weighted by molar-refractivity contribution is -0.0729. The van der Waals surface area contributed by atoms with Crippen molar-refractivity contribution in [1.29, 1.82) is 0 Å². The molecule has 4 atom stereocenters. The monoisotopic (exact) mass is 429 g/mol. The summed E-state index contributed by atoms with van der Waals surface area (Å²) < 4.78 is 18.2. The summed E-state index contributed by atoms with van der Waals surface area (Å²) in [5.41, 5.74) is 9.49. The number of esters is 1. The fraction of sp³-hybridized carbons (Fsp3) is 0.450. The molecule has 0 bridgehead atoms. The minimum Gasteiger partial charge on any atom is -0.459 e. The predicted octanol–water partition coefficient (Wildman–Crippen LogP) is 1.99. The topological polar surface area (TPSA) is 148 Å². The molecule has 1 aliphatic heterocycles. The molecule has 1 aliphatic rings. The molecular formula is C20H23N5O6. The van der Waals surface area contributed by atoms with Crippen molar-refractivity contribution >= 4 is 5.97 Å². The zero-order valence-electron chi connectivity index (χ0n) is 17.3. The number of hydrogen-bond acceptors (Lipinski definition) is 7. The molecule has 3 rings (SSSR count). The average molecular weight is 429 g/mol. The summed E-state index contributed by atoms with van der Waals surface area (Å²) in [6.07, 6.45) is -1.31. The number of aryl methyl sites for hydroxylation is 2. The number of ether oxygens (including phenoxy) is 3. The number of H-pyrrole nitrogens is 1. The van der Waals surface area contributed by atoms with Crippen LogP contribution in [0.4, 0.5) is 0 Å². The van der Waals surface area contributed by atoms with Gasteiger partial charge >= 0.3 is 11.7 Å². The van der Waals surface area contributed by atoms with E-state index in [-0.39, 0.29) is 13.2 Å². The van der Waals surface area contributed by atoms with E-state index in [0.29, 0.717) is 11.1 Å². The highest BCUT2D eigenvalue weighted by atomic mass is 16.6. The van der Waals surface area contributed by atoms with Gasteiger partial charge in [0.25, 0.3) is 5.56 Å². The number of rotatable bonds is 7. The van der Waals surface area contributed by atoms with E-state index < -0.39 is 41.7 Å². The minimum absolute atomic E-state index is 0.215. The fourth-order valence-corrected chi connectivity index (χ4v) is 3.36. The molecule has 164 valence electrons. The van der Waals surface area contributed by atoms with Gasteiger partial charge in [0.1, 0.15) is 18.8 Å². The number of aromatic amines is 1. The molecule has 0 radical (unpaired) electrons. The summed E-state index contributed by atoms with van der Waals surface area (Å²) in [7, 11) is 0. The summed E-state index contributed by atoms with van der Waals surface area (Å²) in [6.45, 7) is 5.24. The van der Waals surface area contributed by atoms with Crippen LogP contribution in [0.2, 0.25) is 0 Å². The van der Waals surface area contributed by atoms with E-state index in [4.69, 9.17) is 19.7 Å². The van der Waals surface area contributed by atoms with Gasteiger partial charge in [-0.05, 0) is 38.4 Å². The van der Waals surface area contributed by atoms with Gasteiger partial charge in [-0.3, -0.25) is 14.3 Å². The number of nitrogens with one attached hydrogen (secondary N) is 1. The molecule has 11 heteroatoms. The lowest BCUT2D eigenvalue weighted by Crippen LogP contribution is -2.39. The third-order valence-corrected chi connectivity index (χ3v) is 4.94. The first-order valence-corrected chi connectivity index (χ1v) is 9.72. The van der Waals surface area contributed by atoms with Crippen LogP contribution in [0.5, 0.6) is 0 Å². The Kier molecular flexibility index (Phi) is 6.91. The van der Waals surface area contributed by atoms with Crippen LogP contribution in [-0.4, -0.2) is 47.0 Å². The van der Waals surface area contributed by atoms with Crippen molar-refractivity contribution in [3.05, 3.63) is 78.4 Å². The van der Waals surface area contributed by atoms with Crippen LogP contribution in [0.25, 0.3) is 10.4 Å². The Labute approximate surface area is 177 Å². The molecule has 0 amide bonds. The summed E-state index contributed by atoms with van der Waals surface area (Å²) in [4.78, 5) is 41.5. The molecule has 31 heavy (non-hydrogen) atoms. The van der Waals surface area contributed by atoms with Crippen molar-refractivity contribution in [1.82, 2.24) is 9.55 Å². The first-order valence-electron chi connectivity index (χ1n) is 9.72. The van der Waals surface area contributed by atoms with E-state index in [1.165, 1.54) is 10.8 Å². The molecule has 0 aliphatic carbocycles. The number of hydrogen-bond donors (Lipinski definition) is 1. The van der Waals surface area contributed by atoms with Crippen LogP contribution in [0.1, 0.15) is 34.6 Å². The average Bonchev–Trinajstić information content (AvgIpc) is 3.07. The highest BCUT2D eigenvalue weighted by Gasteiger charge is 2.47. The second-order valence-corrected chi connectivity index (χ2v) is 7.12. The van der Waals surface area contributed by atoms with Crippen LogP contribution in [0, 0.1) is 13.8 Å². The molecular weight excluding hydrogens is 406 g/mol. The van der Waals surface area contributed by atoms with Crippen molar-refractivity contribution in [3.63, 3.8) is 0 Å². The maximum absolute atomic E-state index is 12.4. The summed E-state index contributed by atoms with van der Waals surface area (Å²) in [5, 5.41) is 3.76. The Morgan fingerprint density at radius 2 is 2.00 bits per heavy atom. The maximum atomic E-state index is 12.4. The predicted molar refractivity (Wildman–Crippen MR) is 110 cm³/mol. The third kappa shape index (κ3) is 4.85. The molecule has 1 fully saturated rings. The van der Waals surface area contributed by atoms with Crippen molar-refractivity contribution < 1.29 is 19.0 Å². The smallest absolute Gasteiger partial charge is 0.338 e. The Morgan fingerprint density at radius 1 is 1.29 bits per heavy atom. The first-order chi connectivity index (χ1) is 14.8. The van der Waals surface area contributed by atoms with Crippen LogP contribution < -0.4 is 11.2 Å². The van der Waals surface area contributed by atoms with Gasteiger partial charge in [0, 0.05) is 23.3 Å². The van der Waals surface area contributed by atoms with E-state index in [9.17, 15) is 14.4 Å². The van der Waals surface area contributed by atoms with Crippen molar-refractivity contribution in [2.75, 3.05) is 13.2 Å². The van der Waals surface area contributed by atoms with Gasteiger partial charge in [-0.15, -0.1) is 0 Å². The minimum atomic E-state index is -0.985. The lowest BCUT2D eigenvalue weighted by Gasteiger charge is -2.22. The molecule has 1 N–H and O–H groups in total. The first kappa shape index (κ1) is 22.3. The van der Waals surface area contributed by atoms with Gasteiger partial charge in [-0.1, -0.05) is 22.8 Å². The number of aromatic nitrogens is 2. The number of nitrogens with zero attached hydrogens (tertiary/aromatic N) is 4. The summed E-state index contributed by atoms with van der Waals surface area (Å²) in [5.74, 6) is -0.559. The van der Waals surface area contributed by atoms with Gasteiger partial charge in [-0.2, -0.15) is 0 Å². The Bertz CT molecular complexity index is 1100. The highest BCUT2D eigenvalue weighted by Crippen LogP contribution is 2.33. The van der Waals surface area contributed by atoms with Gasteiger partial charge in [0.2, 0.25) is 0 Å². The van der Waals surface area contributed by atoms with Gasteiger partial charge < -0.3 is 14.2 Å². The normalized spacial score (nSPS) is 22.7. The number of azide groups is 1. The fourth-order valence-electron chi connectivity index (χ4n) is 3.36. The van der Waals surface area contributed by atoms with Crippen LogP contribution in [0.15, 0.2) is 45.2 Å². The molecule has 2 aromatic rings. The van der Waals surface area contributed by atoms with Crippen molar-refractivity contribution in [2.45, 2.75) is 45.2 Å². The molecule has 11 nitrogen and oxygen atoms in total. The standard InChI is InChI=1S/C20H23N5O6/c1-4-29-16-15(23-24-21)14(10-30-19(27)13-7-5-11(2)6-8-13)31-18(16)25-9-12(3)17(26)22-20(25)28/h5-9,14-16,18H,4,10H2,1-3H3,(H,22,26,28)/t14-,15?,16-,18-/m1/s1. The van der Waals surface area contributed by atoms with Gasteiger partial charge in [0.05, 0.1) is 11.6 Å². The Balaban J connectivity index is 1.86. The molecule has 0 saturated carbocycles. The van der Waals surface area contributed by atoms with E-state index in [1.54, 1.807) is 38.1 Å². The molecule has 1 aromatic heterocycles. The molecule has 2 heterocycles. The van der Waals surface area contributed by atoms with Crippen LogP contribution in [0.3, 0.4) is 0 Å². The largest absolute Gasteiger partial charge is 0.459 e. The van der Waals surface area contributed by atoms with Crippen LogP contribution in [-0.2, 0) is 14.2 Å². The maximum Gasteiger partial charge on any atom is 0.338 e. The molecule has 0 spiro atoms. The zero-order valence-corrected chi connectivity index (χ0v) is 17.3. The molecule has 1 saturated heterocycles. The number of benzene rings is 1. The highest BCUT2D eigenvalue weighted by molar-refractivity contribution is 5.89. The lowest BCUT2D eigenvalue weighted by atomic mass is 10.1. The third-order valence-electron chi connectivity index (χ3n) is 4.94. The van der Waals surface area contributed by atoms with E-state index >= 15 is 0 Å². The van der Waals surface area contributed by atoms with Crippen molar-refractivity contribution in [2.24, 2.45) is 5.11 Å².